The van der Waals surface area contributed by atoms with Gasteiger partial charge in [-0.05, 0) is 38.4 Å². The Kier molecular flexibility index (Phi) is 3.42. The van der Waals surface area contributed by atoms with E-state index >= 15 is 0 Å². The van der Waals surface area contributed by atoms with Crippen LogP contribution in [0.15, 0.2) is 24.4 Å². The van der Waals surface area contributed by atoms with Crippen molar-refractivity contribution in [3.8, 4) is 0 Å². The van der Waals surface area contributed by atoms with Crippen LogP contribution in [-0.4, -0.2) is 46.5 Å². The lowest BCUT2D eigenvalue weighted by Gasteiger charge is -2.26. The molecule has 5 heteroatoms. The van der Waals surface area contributed by atoms with Gasteiger partial charge in [-0.1, -0.05) is 22.0 Å². The molecule has 2 unspecified atom stereocenters. The van der Waals surface area contributed by atoms with Gasteiger partial charge in [-0.3, -0.25) is 4.90 Å². The average Bonchev–Trinajstić information content (AvgIpc) is 2.97. The molecule has 4 heterocycles. The first-order chi connectivity index (χ1) is 10.3. The SMILES string of the molecule is CN1C2CCC1CN(c1nc3ccccn3c1CBr)CC2. The summed E-state index contributed by atoms with van der Waals surface area (Å²) in [5, 5.41) is 0.841. The predicted molar refractivity (Wildman–Crippen MR) is 89.2 cm³/mol. The van der Waals surface area contributed by atoms with Crippen LogP contribution < -0.4 is 4.90 Å². The third-order valence-corrected chi connectivity index (χ3v) is 5.71. The summed E-state index contributed by atoms with van der Waals surface area (Å²) in [6.07, 6.45) is 6.06. The summed E-state index contributed by atoms with van der Waals surface area (Å²) >= 11 is 3.65. The van der Waals surface area contributed by atoms with Gasteiger partial charge >= 0.3 is 0 Å². The Bertz CT molecular complexity index is 653. The van der Waals surface area contributed by atoms with Crippen LogP contribution in [0.4, 0.5) is 5.82 Å². The first kappa shape index (κ1) is 13.6. The van der Waals surface area contributed by atoms with Gasteiger partial charge in [0.1, 0.15) is 5.65 Å². The molecule has 2 aliphatic heterocycles. The van der Waals surface area contributed by atoms with E-state index in [1.54, 1.807) is 0 Å². The number of hydrogen-bond acceptors (Lipinski definition) is 3. The summed E-state index contributed by atoms with van der Waals surface area (Å²) in [5.74, 6) is 1.17. The standard InChI is InChI=1S/C16H21BrN4/c1-19-12-5-6-13(19)11-20(9-7-12)16-14(10-17)21-8-3-2-4-15(21)18-16/h2-4,8,12-13H,5-7,9-11H2,1H3. The molecule has 0 aromatic carbocycles. The lowest BCUT2D eigenvalue weighted by atomic mass is 10.1. The van der Waals surface area contributed by atoms with Gasteiger partial charge in [0, 0.05) is 36.7 Å². The van der Waals surface area contributed by atoms with Crippen molar-refractivity contribution in [3.63, 3.8) is 0 Å². The number of halogens is 1. The fourth-order valence-corrected chi connectivity index (χ4v) is 4.43. The smallest absolute Gasteiger partial charge is 0.152 e. The summed E-state index contributed by atoms with van der Waals surface area (Å²) in [6, 6.07) is 7.67. The van der Waals surface area contributed by atoms with Crippen LogP contribution in [-0.2, 0) is 5.33 Å². The molecule has 0 amide bonds. The Hall–Kier alpha value is -1.07. The van der Waals surface area contributed by atoms with Gasteiger partial charge in [0.15, 0.2) is 5.82 Å². The molecule has 21 heavy (non-hydrogen) atoms. The Morgan fingerprint density at radius 1 is 1.24 bits per heavy atom. The summed E-state index contributed by atoms with van der Waals surface area (Å²) < 4.78 is 2.21. The normalized spacial score (nSPS) is 26.5. The number of imidazole rings is 1. The predicted octanol–water partition coefficient (Wildman–Crippen LogP) is 2.90. The minimum Gasteiger partial charge on any atom is -0.353 e. The maximum Gasteiger partial charge on any atom is 0.152 e. The van der Waals surface area contributed by atoms with Gasteiger partial charge in [-0.15, -0.1) is 0 Å². The molecule has 2 atom stereocenters. The van der Waals surface area contributed by atoms with Gasteiger partial charge in [0.2, 0.25) is 0 Å². The molecule has 0 N–H and O–H groups in total. The van der Waals surface area contributed by atoms with Crippen molar-refractivity contribution in [2.75, 3.05) is 25.0 Å². The van der Waals surface area contributed by atoms with E-state index < -0.39 is 0 Å². The number of nitrogens with zero attached hydrogens (tertiary/aromatic N) is 4. The zero-order valence-electron chi connectivity index (χ0n) is 12.4. The quantitative estimate of drug-likeness (QED) is 0.779. The monoisotopic (exact) mass is 348 g/mol. The van der Waals surface area contributed by atoms with Crippen molar-refractivity contribution >= 4 is 27.4 Å². The van der Waals surface area contributed by atoms with Crippen LogP contribution in [0.2, 0.25) is 0 Å². The molecule has 2 aromatic rings. The topological polar surface area (TPSA) is 23.8 Å². The number of rotatable bonds is 2. The highest BCUT2D eigenvalue weighted by atomic mass is 79.9. The van der Waals surface area contributed by atoms with E-state index in [-0.39, 0.29) is 0 Å². The molecular weight excluding hydrogens is 328 g/mol. The molecule has 2 bridgehead atoms. The molecule has 112 valence electrons. The van der Waals surface area contributed by atoms with Gasteiger partial charge in [-0.2, -0.15) is 0 Å². The first-order valence-electron chi connectivity index (χ1n) is 7.76. The molecule has 2 aliphatic rings. The van der Waals surface area contributed by atoms with Crippen LogP contribution in [0.25, 0.3) is 5.65 Å². The molecular formula is C16H21BrN4. The second-order valence-electron chi connectivity index (χ2n) is 6.23. The molecule has 0 aliphatic carbocycles. The fraction of sp³-hybridized carbons (Fsp3) is 0.562. The van der Waals surface area contributed by atoms with Crippen molar-refractivity contribution in [1.29, 1.82) is 0 Å². The lowest BCUT2D eigenvalue weighted by molar-refractivity contribution is 0.254. The second kappa shape index (κ2) is 5.29. The third-order valence-electron chi connectivity index (χ3n) is 5.18. The summed E-state index contributed by atoms with van der Waals surface area (Å²) in [7, 11) is 2.29. The Morgan fingerprint density at radius 2 is 2.10 bits per heavy atom. The van der Waals surface area contributed by atoms with E-state index in [0.29, 0.717) is 6.04 Å². The third kappa shape index (κ3) is 2.18. The first-order valence-corrected chi connectivity index (χ1v) is 8.89. The molecule has 0 radical (unpaired) electrons. The second-order valence-corrected chi connectivity index (χ2v) is 6.79. The van der Waals surface area contributed by atoms with Gasteiger partial charge in [0.25, 0.3) is 0 Å². The van der Waals surface area contributed by atoms with Crippen molar-refractivity contribution in [3.05, 3.63) is 30.1 Å². The van der Waals surface area contributed by atoms with Crippen LogP contribution in [0.1, 0.15) is 25.0 Å². The number of hydrogen-bond donors (Lipinski definition) is 0. The highest BCUT2D eigenvalue weighted by Gasteiger charge is 2.35. The fourth-order valence-electron chi connectivity index (χ4n) is 3.91. The Labute approximate surface area is 133 Å². The van der Waals surface area contributed by atoms with Gasteiger partial charge in [-0.25, -0.2) is 4.98 Å². The lowest BCUT2D eigenvalue weighted by Crippen LogP contribution is -2.37. The van der Waals surface area contributed by atoms with Crippen LogP contribution >= 0.6 is 15.9 Å². The summed E-state index contributed by atoms with van der Waals surface area (Å²) in [6.45, 7) is 2.23. The molecule has 4 rings (SSSR count). The maximum absolute atomic E-state index is 4.90. The average molecular weight is 349 g/mol. The molecule has 2 aromatic heterocycles. The number of fused-ring (bicyclic) bond motifs is 3. The largest absolute Gasteiger partial charge is 0.353 e. The number of aromatic nitrogens is 2. The summed E-state index contributed by atoms with van der Waals surface area (Å²) in [5.41, 5.74) is 2.32. The van der Waals surface area contributed by atoms with Crippen molar-refractivity contribution in [1.82, 2.24) is 14.3 Å². The van der Waals surface area contributed by atoms with E-state index in [0.717, 1.165) is 30.1 Å². The molecule has 2 fully saturated rings. The van der Waals surface area contributed by atoms with E-state index in [2.05, 4.69) is 61.6 Å². The zero-order valence-corrected chi connectivity index (χ0v) is 14.0. The van der Waals surface area contributed by atoms with Crippen LogP contribution in [0.3, 0.4) is 0 Å². The van der Waals surface area contributed by atoms with Crippen molar-refractivity contribution < 1.29 is 0 Å². The van der Waals surface area contributed by atoms with E-state index in [1.165, 1.54) is 30.8 Å². The molecule has 0 spiro atoms. The highest BCUT2D eigenvalue weighted by Crippen LogP contribution is 2.32. The van der Waals surface area contributed by atoms with E-state index in [4.69, 9.17) is 4.98 Å². The number of likely N-dealkylation sites (N-methyl/N-ethyl adjacent to an activating group) is 1. The number of pyridine rings is 1. The Morgan fingerprint density at radius 3 is 2.95 bits per heavy atom. The number of alkyl halides is 1. The van der Waals surface area contributed by atoms with Crippen LogP contribution in [0, 0.1) is 0 Å². The minimum atomic E-state index is 0.686. The molecule has 2 saturated heterocycles. The Balaban J connectivity index is 1.73. The minimum absolute atomic E-state index is 0.686. The number of anilines is 1. The maximum atomic E-state index is 4.90. The van der Waals surface area contributed by atoms with E-state index in [9.17, 15) is 0 Å². The van der Waals surface area contributed by atoms with Crippen LogP contribution in [0.5, 0.6) is 0 Å². The van der Waals surface area contributed by atoms with Gasteiger partial charge in [0.05, 0.1) is 5.69 Å². The molecule has 4 nitrogen and oxygen atoms in total. The van der Waals surface area contributed by atoms with E-state index in [1.807, 2.05) is 0 Å². The van der Waals surface area contributed by atoms with Crippen molar-refractivity contribution in [2.45, 2.75) is 36.7 Å². The van der Waals surface area contributed by atoms with Gasteiger partial charge < -0.3 is 9.30 Å². The zero-order chi connectivity index (χ0) is 14.4. The van der Waals surface area contributed by atoms with Crippen molar-refractivity contribution in [2.24, 2.45) is 0 Å². The molecule has 0 saturated carbocycles. The highest BCUT2D eigenvalue weighted by molar-refractivity contribution is 9.08. The summed E-state index contributed by atoms with van der Waals surface area (Å²) in [4.78, 5) is 9.99.